The number of ether oxygens (including phenoxy) is 2. The summed E-state index contributed by atoms with van der Waals surface area (Å²) in [6.07, 6.45) is -4.41. The highest BCUT2D eigenvalue weighted by atomic mass is 19.4. The number of alkyl halides is 3. The summed E-state index contributed by atoms with van der Waals surface area (Å²) < 4.78 is 46.0. The second-order valence-electron chi connectivity index (χ2n) is 3.96. The van der Waals surface area contributed by atoms with Crippen molar-refractivity contribution < 1.29 is 27.4 Å². The number of methoxy groups -OCH3 is 1. The third-order valence-corrected chi connectivity index (χ3v) is 2.45. The van der Waals surface area contributed by atoms with Crippen LogP contribution in [0.2, 0.25) is 0 Å². The first-order chi connectivity index (χ1) is 8.96. The van der Waals surface area contributed by atoms with Gasteiger partial charge in [0.25, 0.3) is 0 Å². The van der Waals surface area contributed by atoms with Crippen LogP contribution in [0.5, 0.6) is 5.75 Å². The number of benzene rings is 1. The standard InChI is InChI=1S/C13H15F3O3/c1-18-12-4-3-10(8-17)7-11(12)9-19-6-2-5-13(14,15)16/h3-4,7-8H,2,5-6,9H2,1H3. The van der Waals surface area contributed by atoms with Gasteiger partial charge in [-0.05, 0) is 24.6 Å². The Kier molecular flexibility index (Phi) is 5.82. The predicted octanol–water partition coefficient (Wildman–Crippen LogP) is 3.37. The van der Waals surface area contributed by atoms with Crippen LogP contribution in [-0.4, -0.2) is 26.2 Å². The van der Waals surface area contributed by atoms with E-state index in [4.69, 9.17) is 9.47 Å². The molecule has 0 atom stereocenters. The number of hydrogen-bond donors (Lipinski definition) is 0. The van der Waals surface area contributed by atoms with Gasteiger partial charge in [0.05, 0.1) is 13.7 Å². The maximum atomic E-state index is 11.9. The molecule has 0 heterocycles. The summed E-state index contributed by atoms with van der Waals surface area (Å²) in [5.74, 6) is 0.543. The van der Waals surface area contributed by atoms with E-state index >= 15 is 0 Å². The van der Waals surface area contributed by atoms with Crippen molar-refractivity contribution in [1.82, 2.24) is 0 Å². The van der Waals surface area contributed by atoms with Crippen molar-refractivity contribution in [3.8, 4) is 5.75 Å². The van der Waals surface area contributed by atoms with E-state index in [1.807, 2.05) is 0 Å². The van der Waals surface area contributed by atoms with Crippen LogP contribution < -0.4 is 4.74 Å². The van der Waals surface area contributed by atoms with Gasteiger partial charge in [0, 0.05) is 24.2 Å². The van der Waals surface area contributed by atoms with Crippen LogP contribution in [0.25, 0.3) is 0 Å². The summed E-state index contributed by atoms with van der Waals surface area (Å²) in [6.45, 7) is 0.122. The Hall–Kier alpha value is -1.56. The smallest absolute Gasteiger partial charge is 0.389 e. The van der Waals surface area contributed by atoms with E-state index in [-0.39, 0.29) is 19.6 Å². The van der Waals surface area contributed by atoms with Crippen molar-refractivity contribution in [1.29, 1.82) is 0 Å². The Labute approximate surface area is 109 Å². The lowest BCUT2D eigenvalue weighted by Crippen LogP contribution is -2.09. The molecule has 1 aromatic carbocycles. The van der Waals surface area contributed by atoms with Gasteiger partial charge in [-0.25, -0.2) is 0 Å². The van der Waals surface area contributed by atoms with Crippen LogP contribution in [0, 0.1) is 0 Å². The van der Waals surface area contributed by atoms with Crippen LogP contribution in [0.4, 0.5) is 13.2 Å². The van der Waals surface area contributed by atoms with Gasteiger partial charge >= 0.3 is 6.18 Å². The monoisotopic (exact) mass is 276 g/mol. The summed E-state index contributed by atoms with van der Waals surface area (Å²) in [4.78, 5) is 10.6. The number of rotatable bonds is 7. The number of aldehydes is 1. The average Bonchev–Trinajstić information content (AvgIpc) is 2.36. The summed E-state index contributed by atoms with van der Waals surface area (Å²) in [5.41, 5.74) is 1.11. The predicted molar refractivity (Wildman–Crippen MR) is 63.3 cm³/mol. The van der Waals surface area contributed by atoms with E-state index in [1.54, 1.807) is 18.2 Å². The first kappa shape index (κ1) is 15.5. The lowest BCUT2D eigenvalue weighted by atomic mass is 10.1. The summed E-state index contributed by atoms with van der Waals surface area (Å²) in [6, 6.07) is 4.81. The first-order valence-electron chi connectivity index (χ1n) is 5.73. The molecule has 0 unspecified atom stereocenters. The highest BCUT2D eigenvalue weighted by Crippen LogP contribution is 2.22. The molecule has 6 heteroatoms. The largest absolute Gasteiger partial charge is 0.496 e. The fourth-order valence-corrected chi connectivity index (χ4v) is 1.54. The van der Waals surface area contributed by atoms with E-state index in [0.29, 0.717) is 23.2 Å². The first-order valence-corrected chi connectivity index (χ1v) is 5.73. The average molecular weight is 276 g/mol. The Bertz CT molecular complexity index is 416. The van der Waals surface area contributed by atoms with E-state index in [2.05, 4.69) is 0 Å². The van der Waals surface area contributed by atoms with Gasteiger partial charge in [-0.15, -0.1) is 0 Å². The Morgan fingerprint density at radius 3 is 2.63 bits per heavy atom. The number of hydrogen-bond acceptors (Lipinski definition) is 3. The molecule has 0 aromatic heterocycles. The summed E-state index contributed by atoms with van der Waals surface area (Å²) in [5, 5.41) is 0. The van der Waals surface area contributed by atoms with Crippen molar-refractivity contribution >= 4 is 6.29 Å². The minimum Gasteiger partial charge on any atom is -0.496 e. The second kappa shape index (κ2) is 7.13. The molecule has 1 rings (SSSR count). The maximum Gasteiger partial charge on any atom is 0.389 e. The normalized spacial score (nSPS) is 11.4. The molecule has 3 nitrogen and oxygen atoms in total. The molecule has 0 N–H and O–H groups in total. The van der Waals surface area contributed by atoms with Crippen LogP contribution in [-0.2, 0) is 11.3 Å². The molecule has 0 fully saturated rings. The van der Waals surface area contributed by atoms with Gasteiger partial charge in [-0.2, -0.15) is 13.2 Å². The fourth-order valence-electron chi connectivity index (χ4n) is 1.54. The SMILES string of the molecule is COc1ccc(C=O)cc1COCCCC(F)(F)F. The van der Waals surface area contributed by atoms with Crippen molar-refractivity contribution in [3.05, 3.63) is 29.3 Å². The molecule has 0 spiro atoms. The lowest BCUT2D eigenvalue weighted by Gasteiger charge is -2.10. The van der Waals surface area contributed by atoms with Crippen molar-refractivity contribution in [2.24, 2.45) is 0 Å². The summed E-state index contributed by atoms with van der Waals surface area (Å²) in [7, 11) is 1.48. The third kappa shape index (κ3) is 5.74. The maximum absolute atomic E-state index is 11.9. The van der Waals surface area contributed by atoms with Gasteiger partial charge < -0.3 is 9.47 Å². The van der Waals surface area contributed by atoms with Crippen LogP contribution >= 0.6 is 0 Å². The highest BCUT2D eigenvalue weighted by molar-refractivity contribution is 5.75. The van der Waals surface area contributed by atoms with Gasteiger partial charge in [-0.1, -0.05) is 0 Å². The van der Waals surface area contributed by atoms with E-state index in [9.17, 15) is 18.0 Å². The highest BCUT2D eigenvalue weighted by Gasteiger charge is 2.25. The summed E-state index contributed by atoms with van der Waals surface area (Å²) >= 11 is 0. The van der Waals surface area contributed by atoms with E-state index < -0.39 is 12.6 Å². The lowest BCUT2D eigenvalue weighted by molar-refractivity contribution is -0.138. The van der Waals surface area contributed by atoms with Crippen molar-refractivity contribution in [2.45, 2.75) is 25.6 Å². The van der Waals surface area contributed by atoms with E-state index in [1.165, 1.54) is 7.11 Å². The van der Waals surface area contributed by atoms with Gasteiger partial charge in [0.15, 0.2) is 0 Å². The zero-order valence-electron chi connectivity index (χ0n) is 10.5. The Morgan fingerprint density at radius 2 is 2.05 bits per heavy atom. The van der Waals surface area contributed by atoms with Gasteiger partial charge in [0.2, 0.25) is 0 Å². The molecule has 0 saturated heterocycles. The number of carbonyl (C=O) groups is 1. The minimum atomic E-state index is -4.15. The molecule has 106 valence electrons. The minimum absolute atomic E-state index is 0.00792. The van der Waals surface area contributed by atoms with Crippen LogP contribution in [0.1, 0.15) is 28.8 Å². The van der Waals surface area contributed by atoms with Gasteiger partial charge in [-0.3, -0.25) is 4.79 Å². The molecule has 19 heavy (non-hydrogen) atoms. The van der Waals surface area contributed by atoms with E-state index in [0.717, 1.165) is 0 Å². The van der Waals surface area contributed by atoms with Crippen LogP contribution in [0.3, 0.4) is 0 Å². The molecule has 1 aromatic rings. The molecule has 0 aliphatic carbocycles. The molecule has 0 aliphatic heterocycles. The molecule has 0 amide bonds. The fraction of sp³-hybridized carbons (Fsp3) is 0.462. The Morgan fingerprint density at radius 1 is 1.32 bits per heavy atom. The Balaban J connectivity index is 2.46. The quantitative estimate of drug-likeness (QED) is 0.566. The molecule has 0 bridgehead atoms. The zero-order valence-corrected chi connectivity index (χ0v) is 10.5. The molecule has 0 aliphatic rings. The molecular weight excluding hydrogens is 261 g/mol. The topological polar surface area (TPSA) is 35.5 Å². The van der Waals surface area contributed by atoms with Gasteiger partial charge in [0.1, 0.15) is 12.0 Å². The molecule has 0 saturated carbocycles. The number of carbonyl (C=O) groups excluding carboxylic acids is 1. The number of halogens is 3. The van der Waals surface area contributed by atoms with Crippen molar-refractivity contribution in [3.63, 3.8) is 0 Å². The zero-order chi connectivity index (χ0) is 14.3. The third-order valence-electron chi connectivity index (χ3n) is 2.45. The van der Waals surface area contributed by atoms with Crippen molar-refractivity contribution in [2.75, 3.05) is 13.7 Å². The molecule has 0 radical (unpaired) electrons. The second-order valence-corrected chi connectivity index (χ2v) is 3.96. The van der Waals surface area contributed by atoms with Crippen LogP contribution in [0.15, 0.2) is 18.2 Å². The molecular formula is C13H15F3O3.